The third-order valence-corrected chi connectivity index (χ3v) is 6.91. The largest absolute Gasteiger partial charge is 0.348 e. The van der Waals surface area contributed by atoms with Crippen LogP contribution in [0, 0.1) is 11.3 Å². The van der Waals surface area contributed by atoms with E-state index in [2.05, 4.69) is 14.9 Å². The zero-order valence-corrected chi connectivity index (χ0v) is 16.3. The Balaban J connectivity index is 1.35. The van der Waals surface area contributed by atoms with E-state index in [-0.39, 0.29) is 11.3 Å². The maximum absolute atomic E-state index is 12.8. The van der Waals surface area contributed by atoms with Crippen LogP contribution in [0.2, 0.25) is 0 Å². The molecule has 3 fully saturated rings. The molecule has 1 spiro atoms. The molecule has 1 aromatic heterocycles. The lowest BCUT2D eigenvalue weighted by molar-refractivity contribution is -0.143. The lowest BCUT2D eigenvalue weighted by Gasteiger charge is -2.48. The second kappa shape index (κ2) is 8.03. The molecule has 3 aliphatic rings. The average Bonchev–Trinajstić information content (AvgIpc) is 3.37. The Morgan fingerprint density at radius 1 is 1.22 bits per heavy atom. The number of nitrogens with zero attached hydrogens (tertiary/aromatic N) is 3. The summed E-state index contributed by atoms with van der Waals surface area (Å²) in [7, 11) is 0. The van der Waals surface area contributed by atoms with Crippen LogP contribution in [-0.4, -0.2) is 57.8 Å². The summed E-state index contributed by atoms with van der Waals surface area (Å²) < 4.78 is 0. The summed E-state index contributed by atoms with van der Waals surface area (Å²) >= 11 is 0. The van der Waals surface area contributed by atoms with Gasteiger partial charge in [-0.2, -0.15) is 0 Å². The molecule has 1 saturated carbocycles. The smallest absolute Gasteiger partial charge is 0.222 e. The first-order valence-corrected chi connectivity index (χ1v) is 10.7. The highest BCUT2D eigenvalue weighted by Crippen LogP contribution is 2.39. The Morgan fingerprint density at radius 2 is 2.07 bits per heavy atom. The molecule has 1 atom stereocenters. The number of piperidine rings is 2. The molecule has 0 aromatic carbocycles. The number of H-pyrrole nitrogens is 1. The topological polar surface area (TPSA) is 69.3 Å². The van der Waals surface area contributed by atoms with Gasteiger partial charge in [0.2, 0.25) is 11.8 Å². The molecule has 0 bridgehead atoms. The molecule has 3 heterocycles. The van der Waals surface area contributed by atoms with E-state index in [9.17, 15) is 9.59 Å². The average molecular weight is 373 g/mol. The number of carbonyl (C=O) groups is 2. The number of likely N-dealkylation sites (tertiary alicyclic amines) is 2. The van der Waals surface area contributed by atoms with Crippen LogP contribution in [-0.2, 0) is 16.0 Å². The van der Waals surface area contributed by atoms with Gasteiger partial charge in [-0.25, -0.2) is 4.98 Å². The van der Waals surface area contributed by atoms with E-state index in [1.54, 1.807) is 6.33 Å². The molecule has 0 unspecified atom stereocenters. The van der Waals surface area contributed by atoms with Crippen molar-refractivity contribution in [2.45, 2.75) is 64.2 Å². The maximum atomic E-state index is 12.8. The number of amides is 2. The highest BCUT2D eigenvalue weighted by molar-refractivity contribution is 5.78. The van der Waals surface area contributed by atoms with Crippen LogP contribution in [0.4, 0.5) is 0 Å². The zero-order valence-electron chi connectivity index (χ0n) is 16.3. The highest BCUT2D eigenvalue weighted by Gasteiger charge is 2.42. The van der Waals surface area contributed by atoms with Crippen molar-refractivity contribution in [2.24, 2.45) is 11.3 Å². The Morgan fingerprint density at radius 3 is 2.85 bits per heavy atom. The number of hydrogen-bond acceptors (Lipinski definition) is 3. The van der Waals surface area contributed by atoms with Crippen molar-refractivity contribution in [3.8, 4) is 0 Å². The van der Waals surface area contributed by atoms with Gasteiger partial charge in [0.25, 0.3) is 0 Å². The molecule has 6 heteroatoms. The van der Waals surface area contributed by atoms with Gasteiger partial charge >= 0.3 is 0 Å². The third kappa shape index (κ3) is 4.36. The Hall–Kier alpha value is -1.85. The summed E-state index contributed by atoms with van der Waals surface area (Å²) in [6.07, 6.45) is 13.8. The molecular formula is C21H32N4O2. The van der Waals surface area contributed by atoms with Crippen molar-refractivity contribution in [3.63, 3.8) is 0 Å². The van der Waals surface area contributed by atoms with Crippen LogP contribution in [0.1, 0.15) is 63.5 Å². The van der Waals surface area contributed by atoms with Crippen molar-refractivity contribution >= 4 is 11.8 Å². The van der Waals surface area contributed by atoms with Crippen molar-refractivity contribution in [1.82, 2.24) is 19.8 Å². The van der Waals surface area contributed by atoms with Gasteiger partial charge in [0, 0.05) is 62.7 Å². The molecule has 2 amide bonds. The number of aromatic amines is 1. The quantitative estimate of drug-likeness (QED) is 0.864. The minimum atomic E-state index is 0.103. The lowest BCUT2D eigenvalue weighted by atomic mass is 9.73. The standard InChI is InChI=1S/C21H32N4O2/c26-19-6-9-21(15-25(19)11-7-18-13-22-16-23-18)8-3-10-24(14-21)20(27)12-17-4-1-2-5-17/h13,16-17H,1-12,14-15H2,(H,22,23)/t21-/m1/s1. The summed E-state index contributed by atoms with van der Waals surface area (Å²) in [4.78, 5) is 36.6. The van der Waals surface area contributed by atoms with Crippen LogP contribution < -0.4 is 0 Å². The van der Waals surface area contributed by atoms with E-state index < -0.39 is 0 Å². The summed E-state index contributed by atoms with van der Waals surface area (Å²) in [5.74, 6) is 1.21. The van der Waals surface area contributed by atoms with Crippen molar-refractivity contribution < 1.29 is 9.59 Å². The molecule has 4 rings (SSSR count). The van der Waals surface area contributed by atoms with Crippen molar-refractivity contribution in [3.05, 3.63) is 18.2 Å². The summed E-state index contributed by atoms with van der Waals surface area (Å²) in [6, 6.07) is 0. The van der Waals surface area contributed by atoms with Crippen LogP contribution in [0.3, 0.4) is 0 Å². The minimum Gasteiger partial charge on any atom is -0.348 e. The predicted octanol–water partition coefficient (Wildman–Crippen LogP) is 2.76. The first kappa shape index (κ1) is 18.5. The molecule has 1 N–H and O–H groups in total. The van der Waals surface area contributed by atoms with E-state index in [0.29, 0.717) is 18.2 Å². The molecule has 6 nitrogen and oxygen atoms in total. The van der Waals surface area contributed by atoms with E-state index in [4.69, 9.17) is 0 Å². The Kier molecular flexibility index (Phi) is 5.50. The van der Waals surface area contributed by atoms with E-state index in [1.807, 2.05) is 11.1 Å². The Labute approximate surface area is 161 Å². The van der Waals surface area contributed by atoms with Crippen LogP contribution in [0.5, 0.6) is 0 Å². The van der Waals surface area contributed by atoms with E-state index >= 15 is 0 Å². The van der Waals surface area contributed by atoms with Gasteiger partial charge in [-0.3, -0.25) is 9.59 Å². The minimum absolute atomic E-state index is 0.103. The fourth-order valence-electron chi connectivity index (χ4n) is 5.33. The van der Waals surface area contributed by atoms with Gasteiger partial charge in [0.15, 0.2) is 0 Å². The van der Waals surface area contributed by atoms with Crippen LogP contribution in [0.25, 0.3) is 0 Å². The SMILES string of the molecule is O=C1CC[C@@]2(CCCN(C(=O)CC3CCCC3)C2)CN1CCc1cnc[nH]1. The number of carbonyl (C=O) groups excluding carboxylic acids is 2. The second-order valence-electron chi connectivity index (χ2n) is 8.92. The summed E-state index contributed by atoms with van der Waals surface area (Å²) in [5.41, 5.74) is 1.17. The van der Waals surface area contributed by atoms with Gasteiger partial charge in [-0.15, -0.1) is 0 Å². The van der Waals surface area contributed by atoms with Gasteiger partial charge in [0.05, 0.1) is 6.33 Å². The number of rotatable bonds is 5. The lowest BCUT2D eigenvalue weighted by Crippen LogP contribution is -2.55. The molecule has 0 radical (unpaired) electrons. The highest BCUT2D eigenvalue weighted by atomic mass is 16.2. The molecular weight excluding hydrogens is 340 g/mol. The summed E-state index contributed by atoms with van der Waals surface area (Å²) in [6.45, 7) is 3.27. The first-order valence-electron chi connectivity index (χ1n) is 10.7. The molecule has 148 valence electrons. The number of hydrogen-bond donors (Lipinski definition) is 1. The van der Waals surface area contributed by atoms with E-state index in [0.717, 1.165) is 64.0 Å². The van der Waals surface area contributed by atoms with Gasteiger partial charge in [0.1, 0.15) is 0 Å². The fourth-order valence-corrected chi connectivity index (χ4v) is 5.33. The van der Waals surface area contributed by atoms with Crippen LogP contribution >= 0.6 is 0 Å². The normalized spacial score (nSPS) is 26.9. The monoisotopic (exact) mass is 372 g/mol. The Bertz CT molecular complexity index is 653. The molecule has 2 aliphatic heterocycles. The van der Waals surface area contributed by atoms with Gasteiger partial charge in [-0.1, -0.05) is 12.8 Å². The van der Waals surface area contributed by atoms with Crippen LogP contribution in [0.15, 0.2) is 12.5 Å². The molecule has 1 aromatic rings. The second-order valence-corrected chi connectivity index (χ2v) is 8.92. The first-order chi connectivity index (χ1) is 13.1. The summed E-state index contributed by atoms with van der Waals surface area (Å²) in [5, 5.41) is 0. The van der Waals surface area contributed by atoms with Gasteiger partial charge < -0.3 is 14.8 Å². The molecule has 27 heavy (non-hydrogen) atoms. The molecule has 2 saturated heterocycles. The fraction of sp³-hybridized carbons (Fsp3) is 0.762. The number of nitrogens with one attached hydrogen (secondary N) is 1. The zero-order chi connectivity index (χ0) is 18.7. The molecule has 1 aliphatic carbocycles. The van der Waals surface area contributed by atoms with Crippen molar-refractivity contribution in [1.29, 1.82) is 0 Å². The van der Waals surface area contributed by atoms with Crippen molar-refractivity contribution in [2.75, 3.05) is 26.2 Å². The number of aromatic nitrogens is 2. The third-order valence-electron chi connectivity index (χ3n) is 6.91. The van der Waals surface area contributed by atoms with E-state index in [1.165, 1.54) is 25.7 Å². The predicted molar refractivity (Wildman–Crippen MR) is 103 cm³/mol. The number of imidazole rings is 1. The van der Waals surface area contributed by atoms with Gasteiger partial charge in [-0.05, 0) is 38.0 Å². The maximum Gasteiger partial charge on any atom is 0.222 e.